The van der Waals surface area contributed by atoms with Gasteiger partial charge in [-0.15, -0.1) is 0 Å². The monoisotopic (exact) mass is 437 g/mol. The van der Waals surface area contributed by atoms with E-state index in [1.165, 1.54) is 0 Å². The molecule has 0 aliphatic carbocycles. The number of nitrogens with zero attached hydrogens (tertiary/aromatic N) is 1. The quantitative estimate of drug-likeness (QED) is 0.432. The summed E-state index contributed by atoms with van der Waals surface area (Å²) in [6, 6.07) is 0. The number of rotatable bonds is 1. The molecular weight excluding hydrogens is 425 g/mol. The molecule has 1 saturated heterocycles. The summed E-state index contributed by atoms with van der Waals surface area (Å²) < 4.78 is 168. The van der Waals surface area contributed by atoms with Crippen molar-refractivity contribution < 1.29 is 61.7 Å². The molecule has 1 fully saturated rings. The molecule has 158 valence electrons. The second-order valence-corrected chi connectivity index (χ2v) is 11.0. The summed E-state index contributed by atoms with van der Waals surface area (Å²) in [4.78, 5) is 0. The van der Waals surface area contributed by atoms with Gasteiger partial charge < -0.3 is 0 Å². The van der Waals surface area contributed by atoms with Crippen molar-refractivity contribution >= 4 is 7.21 Å². The van der Waals surface area contributed by atoms with Crippen LogP contribution in [0.2, 0.25) is 0 Å². The number of hydrogen-bond donors (Lipinski definition) is 0. The molecule has 0 N–H and O–H groups in total. The van der Waals surface area contributed by atoms with Gasteiger partial charge >= 0.3 is 137 Å². The van der Waals surface area contributed by atoms with Crippen LogP contribution in [0.15, 0.2) is 0 Å². The first-order valence-corrected chi connectivity index (χ1v) is 9.20. The Morgan fingerprint density at radius 2 is 0.769 bits per heavy atom. The van der Waals surface area contributed by atoms with E-state index in [1.807, 2.05) is 0 Å². The molecule has 3 nitrogen and oxygen atoms in total. The van der Waals surface area contributed by atoms with Crippen molar-refractivity contribution in [3.63, 3.8) is 0 Å². The summed E-state index contributed by atoms with van der Waals surface area (Å²) in [5.41, 5.74) is -13.5. The Kier molecular flexibility index (Phi) is 4.78. The third kappa shape index (κ3) is 2.68. The molecule has 0 spiro atoms. The predicted molar refractivity (Wildman–Crippen MR) is 64.3 cm³/mol. The fourth-order valence-electron chi connectivity index (χ4n) is 2.42. The average molecular weight is 437 g/mol. The van der Waals surface area contributed by atoms with Crippen LogP contribution >= 0.6 is 7.21 Å². The molecule has 0 radical (unpaired) electrons. The van der Waals surface area contributed by atoms with Crippen LogP contribution in [0.4, 0.5) is 52.7 Å². The molecule has 1 rings (SSSR count). The van der Waals surface area contributed by atoms with Gasteiger partial charge in [-0.2, -0.15) is 0 Å². The SMILES string of the molecule is CN(C)P1(C)(C)OC(C(F)(F)F)(C(F)(F)F)C(C(F)(F)F)(C(F)(F)F)O1. The summed E-state index contributed by atoms with van der Waals surface area (Å²) in [6.45, 7) is 0.439. The zero-order valence-corrected chi connectivity index (χ0v) is 14.1. The number of hydrogen-bond acceptors (Lipinski definition) is 3. The summed E-state index contributed by atoms with van der Waals surface area (Å²) >= 11 is 0. The molecule has 0 unspecified atom stereocenters. The molecular formula is C10H12F12NO2P. The molecule has 0 amide bonds. The van der Waals surface area contributed by atoms with Crippen LogP contribution in [0.1, 0.15) is 0 Å². The van der Waals surface area contributed by atoms with Gasteiger partial charge in [0.25, 0.3) is 0 Å². The molecule has 0 aromatic rings. The Balaban J connectivity index is 4.25. The van der Waals surface area contributed by atoms with Gasteiger partial charge in [-0.05, 0) is 0 Å². The Bertz CT molecular complexity index is 501. The van der Waals surface area contributed by atoms with Crippen LogP contribution in [-0.4, -0.2) is 68.0 Å². The summed E-state index contributed by atoms with van der Waals surface area (Å²) in [5, 5.41) is 0. The van der Waals surface area contributed by atoms with Crippen LogP contribution in [0.5, 0.6) is 0 Å². The Hall–Kier alpha value is -0.530. The van der Waals surface area contributed by atoms with Gasteiger partial charge in [0, 0.05) is 0 Å². The zero-order valence-electron chi connectivity index (χ0n) is 13.2. The maximum absolute atomic E-state index is 13.3. The molecule has 0 bridgehead atoms. The van der Waals surface area contributed by atoms with Crippen LogP contribution in [-0.2, 0) is 9.05 Å². The number of halogens is 12. The van der Waals surface area contributed by atoms with Crippen molar-refractivity contribution in [2.75, 3.05) is 27.4 Å². The molecule has 1 heterocycles. The summed E-state index contributed by atoms with van der Waals surface area (Å²) in [6.07, 6.45) is -28.7. The first kappa shape index (κ1) is 23.5. The molecule has 0 atom stereocenters. The van der Waals surface area contributed by atoms with Gasteiger partial charge in [-0.1, -0.05) is 0 Å². The molecule has 0 aromatic carbocycles. The van der Waals surface area contributed by atoms with Gasteiger partial charge in [-0.25, -0.2) is 0 Å². The van der Waals surface area contributed by atoms with E-state index < -0.39 is 43.1 Å². The van der Waals surface area contributed by atoms with E-state index >= 15 is 0 Å². The first-order chi connectivity index (χ1) is 10.9. The maximum atomic E-state index is 13.3. The van der Waals surface area contributed by atoms with E-state index in [2.05, 4.69) is 9.05 Å². The standard InChI is InChI=1S/C10H12F12NO2P/c1-23(2)26(3,4)24-5(7(11,12)13,8(14,15)16)6(25-26,9(17,18)19)10(20,21)22/h1-4H3. The average Bonchev–Trinajstić information content (AvgIpc) is 2.55. The van der Waals surface area contributed by atoms with Crippen molar-refractivity contribution in [1.82, 2.24) is 4.67 Å². The Morgan fingerprint density at radius 1 is 0.577 bits per heavy atom. The number of alkyl halides is 12. The van der Waals surface area contributed by atoms with Crippen molar-refractivity contribution in [2.24, 2.45) is 0 Å². The molecule has 16 heteroatoms. The summed E-state index contributed by atoms with van der Waals surface area (Å²) in [5.74, 6) is 0. The van der Waals surface area contributed by atoms with Crippen LogP contribution in [0.3, 0.4) is 0 Å². The van der Waals surface area contributed by atoms with E-state index in [0.29, 0.717) is 14.1 Å². The van der Waals surface area contributed by atoms with Gasteiger partial charge in [0.05, 0.1) is 0 Å². The van der Waals surface area contributed by atoms with E-state index in [1.54, 1.807) is 0 Å². The topological polar surface area (TPSA) is 21.7 Å². The fraction of sp³-hybridized carbons (Fsp3) is 1.00. The van der Waals surface area contributed by atoms with Gasteiger partial charge in [-0.3, -0.25) is 0 Å². The second kappa shape index (κ2) is 5.29. The van der Waals surface area contributed by atoms with Crippen molar-refractivity contribution in [3.05, 3.63) is 0 Å². The predicted octanol–water partition coefficient (Wildman–Crippen LogP) is 4.88. The van der Waals surface area contributed by atoms with Gasteiger partial charge in [0.2, 0.25) is 0 Å². The summed E-state index contributed by atoms with van der Waals surface area (Å²) in [7, 11) is -4.64. The van der Waals surface area contributed by atoms with E-state index in [-0.39, 0.29) is 18.0 Å². The minimum absolute atomic E-state index is 0.219. The van der Waals surface area contributed by atoms with Crippen molar-refractivity contribution in [2.45, 2.75) is 35.9 Å². The minimum atomic E-state index is -7.18. The Labute approximate surface area is 138 Å². The fourth-order valence-corrected chi connectivity index (χ4v) is 5.02. The van der Waals surface area contributed by atoms with Crippen LogP contribution in [0, 0.1) is 0 Å². The van der Waals surface area contributed by atoms with Crippen molar-refractivity contribution in [1.29, 1.82) is 0 Å². The van der Waals surface area contributed by atoms with Gasteiger partial charge in [0.15, 0.2) is 0 Å². The second-order valence-electron chi connectivity index (χ2n) is 6.20. The van der Waals surface area contributed by atoms with E-state index in [0.717, 1.165) is 0 Å². The molecule has 0 aromatic heterocycles. The molecule has 1 aliphatic rings. The third-order valence-electron chi connectivity index (χ3n) is 4.01. The molecule has 0 saturated carbocycles. The first-order valence-electron chi connectivity index (χ1n) is 6.28. The normalized spacial score (nSPS) is 27.2. The zero-order chi connectivity index (χ0) is 21.4. The van der Waals surface area contributed by atoms with Gasteiger partial charge in [0.1, 0.15) is 0 Å². The van der Waals surface area contributed by atoms with E-state index in [9.17, 15) is 52.7 Å². The van der Waals surface area contributed by atoms with E-state index in [4.69, 9.17) is 0 Å². The van der Waals surface area contributed by atoms with Crippen LogP contribution < -0.4 is 0 Å². The van der Waals surface area contributed by atoms with Crippen LogP contribution in [0.25, 0.3) is 0 Å². The molecule has 1 aliphatic heterocycles. The van der Waals surface area contributed by atoms with Crippen molar-refractivity contribution in [3.8, 4) is 0 Å². The Morgan fingerprint density at radius 3 is 0.885 bits per heavy atom. The third-order valence-corrected chi connectivity index (χ3v) is 7.86. The molecule has 26 heavy (non-hydrogen) atoms.